The number of carbonyl (C=O) groups is 11. The Morgan fingerprint density at radius 1 is 0.553 bits per heavy atom. The molecule has 13 N–H and O–H groups in total. The number of carbonyl (C=O) groups excluding carboxylic acids is 11. The Bertz CT molecular complexity index is 2600. The van der Waals surface area contributed by atoms with Crippen LogP contribution in [0.4, 0.5) is 0 Å². The summed E-state index contributed by atoms with van der Waals surface area (Å²) in [6, 6.07) is 3.64. The highest BCUT2D eigenvalue weighted by molar-refractivity contribution is 6.01. The van der Waals surface area contributed by atoms with Crippen molar-refractivity contribution in [1.82, 2.24) is 57.0 Å². The maximum atomic E-state index is 14.8. The first kappa shape index (κ1) is 57.1. The number of amides is 11. The molecular formula is C51H67N13O12. The number of nitrogens with one attached hydrogen (secondary N) is 8. The SMILES string of the molecule is CC(C)[C@@H]1NC(=O)[C@H](Cc2cnc[nH]2)NC(=O)[C@H](CC(N)=O)NC(=O)[C@H](Cc2ccccc2)NC(=O)[C@H]([C@@H](C)O)NC(=O)[C@@H]2CCCN2C(=O)[C@@H]2CCCN2C(=O)[C@H](Cc2ccccc2)NC(=O)[C@H](CC(N)=O)NC1=O. The lowest BCUT2D eigenvalue weighted by Gasteiger charge is -2.34. The van der Waals surface area contributed by atoms with Crippen molar-refractivity contribution in [2.24, 2.45) is 17.4 Å². The second-order valence-corrected chi connectivity index (χ2v) is 19.6. The second kappa shape index (κ2) is 26.3. The van der Waals surface area contributed by atoms with Crippen LogP contribution < -0.4 is 48.7 Å². The van der Waals surface area contributed by atoms with E-state index in [9.17, 15) is 57.8 Å². The van der Waals surface area contributed by atoms with Gasteiger partial charge in [-0.15, -0.1) is 0 Å². The lowest BCUT2D eigenvalue weighted by molar-refractivity contribution is -0.148. The van der Waals surface area contributed by atoms with Gasteiger partial charge in [0.25, 0.3) is 0 Å². The number of benzene rings is 2. The monoisotopic (exact) mass is 1050 g/mol. The number of H-pyrrole nitrogens is 1. The molecule has 0 bridgehead atoms. The molecular weight excluding hydrogens is 987 g/mol. The van der Waals surface area contributed by atoms with Gasteiger partial charge >= 0.3 is 0 Å². The summed E-state index contributed by atoms with van der Waals surface area (Å²) >= 11 is 0. The molecule has 0 saturated carbocycles. The van der Waals surface area contributed by atoms with Crippen molar-refractivity contribution in [3.63, 3.8) is 0 Å². The number of primary amides is 2. The van der Waals surface area contributed by atoms with Crippen molar-refractivity contribution in [3.8, 4) is 0 Å². The molecule has 1 aromatic heterocycles. The predicted octanol–water partition coefficient (Wildman–Crippen LogP) is -3.39. The lowest BCUT2D eigenvalue weighted by atomic mass is 10.0. The average molecular weight is 1050 g/mol. The van der Waals surface area contributed by atoms with Gasteiger partial charge in [0, 0.05) is 44.2 Å². The Labute approximate surface area is 438 Å². The van der Waals surface area contributed by atoms with E-state index in [1.54, 1.807) is 74.5 Å². The maximum absolute atomic E-state index is 14.8. The number of aliphatic hydroxyl groups is 1. The van der Waals surface area contributed by atoms with Gasteiger partial charge in [0.05, 0.1) is 25.3 Å². The summed E-state index contributed by atoms with van der Waals surface area (Å²) in [7, 11) is 0. The largest absolute Gasteiger partial charge is 0.391 e. The zero-order valence-corrected chi connectivity index (χ0v) is 42.5. The molecule has 3 fully saturated rings. The first-order valence-corrected chi connectivity index (χ1v) is 25.2. The van der Waals surface area contributed by atoms with Gasteiger partial charge in [0.2, 0.25) is 65.0 Å². The van der Waals surface area contributed by atoms with E-state index in [2.05, 4.69) is 47.2 Å². The lowest BCUT2D eigenvalue weighted by Crippen LogP contribution is -2.62. The number of hydrogen-bond acceptors (Lipinski definition) is 13. The topological polar surface area (TPSA) is 379 Å². The molecule has 76 heavy (non-hydrogen) atoms. The van der Waals surface area contributed by atoms with Crippen LogP contribution in [-0.4, -0.2) is 163 Å². The Balaban J connectivity index is 1.41. The Morgan fingerprint density at radius 2 is 0.987 bits per heavy atom. The number of aromatic nitrogens is 2. The number of imidazole rings is 1. The fourth-order valence-electron chi connectivity index (χ4n) is 9.52. The molecule has 3 aromatic rings. The van der Waals surface area contributed by atoms with E-state index in [1.807, 2.05) is 0 Å². The van der Waals surface area contributed by atoms with Gasteiger partial charge in [-0.1, -0.05) is 74.5 Å². The minimum atomic E-state index is -1.77. The molecule has 0 spiro atoms. The van der Waals surface area contributed by atoms with Gasteiger partial charge < -0.3 is 68.6 Å². The molecule has 3 saturated heterocycles. The third-order valence-corrected chi connectivity index (χ3v) is 13.5. The number of fused-ring (bicyclic) bond motifs is 2. The summed E-state index contributed by atoms with van der Waals surface area (Å²) < 4.78 is 0. The van der Waals surface area contributed by atoms with Crippen LogP contribution in [0.2, 0.25) is 0 Å². The zero-order valence-electron chi connectivity index (χ0n) is 42.5. The fraction of sp³-hybridized carbons (Fsp3) is 0.490. The minimum Gasteiger partial charge on any atom is -0.391 e. The second-order valence-electron chi connectivity index (χ2n) is 19.6. The standard InChI is InChI=1S/C51H67N13O12/c1-27(2)41-48(73)59-35(24-40(53)67)45(70)60-36(21-30-14-8-5-9-15-30)50(75)64-19-11-17-38(64)51(76)63-18-10-16-37(63)47(72)62-42(28(3)65)49(74)58-32(20-29-12-6-4-7-13-29)43(68)57-34(23-39(52)66)44(69)56-33(46(71)61-41)22-31-25-54-26-55-31/h4-9,12-15,25-28,32-38,41-42,65H,10-11,16-24H2,1-3H3,(H2,52,66)(H2,53,67)(H,54,55)(H,56,69)(H,57,68)(H,58,74)(H,59,73)(H,60,70)(H,61,71)(H,62,72)/t28-,32+,33+,34+,35+,36+,37+,38+,41+,42+/m1/s1. The van der Waals surface area contributed by atoms with Gasteiger partial charge in [-0.3, -0.25) is 52.7 Å². The van der Waals surface area contributed by atoms with E-state index in [0.717, 1.165) is 0 Å². The molecule has 3 aliphatic rings. The van der Waals surface area contributed by atoms with Crippen LogP contribution in [0.3, 0.4) is 0 Å². The summed E-state index contributed by atoms with van der Waals surface area (Å²) in [5, 5.41) is 28.8. The maximum Gasteiger partial charge on any atom is 0.246 e. The molecule has 2 aromatic carbocycles. The Kier molecular flexibility index (Phi) is 19.8. The predicted molar refractivity (Wildman–Crippen MR) is 270 cm³/mol. The highest BCUT2D eigenvalue weighted by Crippen LogP contribution is 2.27. The van der Waals surface area contributed by atoms with Crippen LogP contribution in [0, 0.1) is 5.92 Å². The number of hydrogen-bond donors (Lipinski definition) is 11. The normalized spacial score (nSPS) is 26.4. The van der Waals surface area contributed by atoms with Gasteiger partial charge in [0.1, 0.15) is 54.4 Å². The fourth-order valence-corrected chi connectivity index (χ4v) is 9.52. The van der Waals surface area contributed by atoms with E-state index in [0.29, 0.717) is 29.7 Å². The molecule has 11 amide bonds. The number of aliphatic hydroxyl groups excluding tert-OH is 1. The van der Waals surface area contributed by atoms with Crippen molar-refractivity contribution in [2.45, 2.75) is 139 Å². The average Bonchev–Trinajstić information content (AvgIpc) is 4.20. The molecule has 25 nitrogen and oxygen atoms in total. The quantitative estimate of drug-likeness (QED) is 0.0845. The van der Waals surface area contributed by atoms with E-state index >= 15 is 0 Å². The van der Waals surface area contributed by atoms with Crippen molar-refractivity contribution in [2.75, 3.05) is 13.1 Å². The smallest absolute Gasteiger partial charge is 0.246 e. The molecule has 4 heterocycles. The number of rotatable bonds is 12. The molecule has 408 valence electrons. The van der Waals surface area contributed by atoms with E-state index in [4.69, 9.17) is 11.5 Å². The number of nitrogens with two attached hydrogens (primary N) is 2. The number of nitrogens with zero attached hydrogens (tertiary/aromatic N) is 3. The third-order valence-electron chi connectivity index (χ3n) is 13.5. The van der Waals surface area contributed by atoms with Gasteiger partial charge in [-0.2, -0.15) is 0 Å². The molecule has 6 rings (SSSR count). The van der Waals surface area contributed by atoms with Crippen molar-refractivity contribution in [1.29, 1.82) is 0 Å². The summed E-state index contributed by atoms with van der Waals surface area (Å²) in [5.41, 5.74) is 12.6. The summed E-state index contributed by atoms with van der Waals surface area (Å²) in [6.45, 7) is 4.56. The molecule has 0 aliphatic carbocycles. The van der Waals surface area contributed by atoms with Gasteiger partial charge in [-0.05, 0) is 49.7 Å². The van der Waals surface area contributed by atoms with Crippen LogP contribution >= 0.6 is 0 Å². The molecule has 25 heteroatoms. The number of aromatic amines is 1. The zero-order chi connectivity index (χ0) is 55.2. The van der Waals surface area contributed by atoms with Crippen LogP contribution in [0.15, 0.2) is 73.2 Å². The van der Waals surface area contributed by atoms with Crippen molar-refractivity contribution >= 4 is 65.0 Å². The highest BCUT2D eigenvalue weighted by Gasteiger charge is 2.45. The van der Waals surface area contributed by atoms with Crippen LogP contribution in [0.25, 0.3) is 0 Å². The Morgan fingerprint density at radius 3 is 1.51 bits per heavy atom. The molecule has 0 unspecified atom stereocenters. The minimum absolute atomic E-state index is 0.0887. The van der Waals surface area contributed by atoms with E-state index in [-0.39, 0.29) is 45.2 Å². The summed E-state index contributed by atoms with van der Waals surface area (Å²) in [6.07, 6.45) is 0.0350. The third kappa shape index (κ3) is 15.2. The van der Waals surface area contributed by atoms with Crippen molar-refractivity contribution < 1.29 is 57.8 Å². The van der Waals surface area contributed by atoms with Gasteiger partial charge in [-0.25, -0.2) is 4.98 Å². The van der Waals surface area contributed by atoms with Crippen molar-refractivity contribution in [3.05, 3.63) is 90.0 Å². The van der Waals surface area contributed by atoms with Gasteiger partial charge in [0.15, 0.2) is 0 Å². The molecule has 10 atom stereocenters. The van der Waals surface area contributed by atoms with E-state index in [1.165, 1.54) is 29.2 Å². The summed E-state index contributed by atoms with van der Waals surface area (Å²) in [4.78, 5) is 164. The first-order chi connectivity index (χ1) is 36.2. The first-order valence-electron chi connectivity index (χ1n) is 25.2. The highest BCUT2D eigenvalue weighted by atomic mass is 16.3. The van der Waals surface area contributed by atoms with Crippen LogP contribution in [-0.2, 0) is 72.0 Å². The van der Waals surface area contributed by atoms with E-state index < -0.39 is 144 Å². The Hall–Kier alpha value is -8.22. The molecule has 0 radical (unpaired) electrons. The summed E-state index contributed by atoms with van der Waals surface area (Å²) in [5.74, 6) is -10.9. The van der Waals surface area contributed by atoms with Crippen LogP contribution in [0.1, 0.15) is 76.1 Å². The van der Waals surface area contributed by atoms with Crippen LogP contribution in [0.5, 0.6) is 0 Å². The molecule has 3 aliphatic heterocycles.